The number of hydrogen-bond donors (Lipinski definition) is 3. The molecule has 1 saturated heterocycles. The standard InChI is InChI=1S/C11H17N3O3/c15-10(7-9-1-4-13-14-9)12-8-11(16)2-5-17-6-3-11/h1,4,16H,2-3,5-8H2,(H,12,15)(H,13,14). The number of nitrogens with one attached hydrogen (secondary N) is 2. The molecule has 17 heavy (non-hydrogen) atoms. The van der Waals surface area contributed by atoms with Gasteiger partial charge in [-0.15, -0.1) is 0 Å². The fourth-order valence-electron chi connectivity index (χ4n) is 1.81. The van der Waals surface area contributed by atoms with E-state index in [2.05, 4.69) is 15.5 Å². The minimum absolute atomic E-state index is 0.117. The lowest BCUT2D eigenvalue weighted by Gasteiger charge is -2.32. The van der Waals surface area contributed by atoms with Crippen molar-refractivity contribution in [3.05, 3.63) is 18.0 Å². The zero-order valence-electron chi connectivity index (χ0n) is 9.61. The fraction of sp³-hybridized carbons (Fsp3) is 0.636. The smallest absolute Gasteiger partial charge is 0.226 e. The maximum Gasteiger partial charge on any atom is 0.226 e. The highest BCUT2D eigenvalue weighted by Gasteiger charge is 2.29. The number of carbonyl (C=O) groups excluding carboxylic acids is 1. The first-order valence-electron chi connectivity index (χ1n) is 5.73. The zero-order chi connectivity index (χ0) is 12.1. The van der Waals surface area contributed by atoms with Gasteiger partial charge in [0.2, 0.25) is 5.91 Å². The minimum atomic E-state index is -0.818. The molecule has 1 amide bonds. The van der Waals surface area contributed by atoms with Gasteiger partial charge in [0.05, 0.1) is 12.0 Å². The molecule has 1 aliphatic heterocycles. The van der Waals surface area contributed by atoms with Crippen LogP contribution in [-0.4, -0.2) is 46.6 Å². The quantitative estimate of drug-likeness (QED) is 0.668. The van der Waals surface area contributed by atoms with E-state index in [9.17, 15) is 9.90 Å². The first kappa shape index (κ1) is 12.1. The van der Waals surface area contributed by atoms with Crippen molar-refractivity contribution in [3.63, 3.8) is 0 Å². The Morgan fingerprint density at radius 1 is 1.59 bits per heavy atom. The average molecular weight is 239 g/mol. The van der Waals surface area contributed by atoms with Gasteiger partial charge in [-0.1, -0.05) is 0 Å². The molecule has 0 radical (unpaired) electrons. The molecule has 0 saturated carbocycles. The van der Waals surface area contributed by atoms with Crippen molar-refractivity contribution in [3.8, 4) is 0 Å². The highest BCUT2D eigenvalue weighted by molar-refractivity contribution is 5.78. The molecule has 1 fully saturated rings. The molecule has 1 aromatic rings. The molecule has 0 aromatic carbocycles. The van der Waals surface area contributed by atoms with Crippen LogP contribution in [0.15, 0.2) is 12.3 Å². The molecule has 3 N–H and O–H groups in total. The van der Waals surface area contributed by atoms with E-state index in [0.717, 1.165) is 5.69 Å². The summed E-state index contributed by atoms with van der Waals surface area (Å²) in [6.07, 6.45) is 3.00. The van der Waals surface area contributed by atoms with Crippen molar-refractivity contribution >= 4 is 5.91 Å². The Bertz CT molecular complexity index is 358. The van der Waals surface area contributed by atoms with Gasteiger partial charge in [0, 0.05) is 44.5 Å². The van der Waals surface area contributed by atoms with Crippen LogP contribution in [0.3, 0.4) is 0 Å². The van der Waals surface area contributed by atoms with Crippen LogP contribution in [0.1, 0.15) is 18.5 Å². The van der Waals surface area contributed by atoms with Crippen molar-refractivity contribution in [2.75, 3.05) is 19.8 Å². The summed E-state index contributed by atoms with van der Waals surface area (Å²) in [6, 6.07) is 1.75. The maximum absolute atomic E-state index is 11.6. The van der Waals surface area contributed by atoms with E-state index in [4.69, 9.17) is 4.74 Å². The number of ether oxygens (including phenoxy) is 1. The van der Waals surface area contributed by atoms with Crippen LogP contribution < -0.4 is 5.32 Å². The predicted octanol–water partition coefficient (Wildman–Crippen LogP) is -0.390. The summed E-state index contributed by atoms with van der Waals surface area (Å²) in [5.41, 5.74) is -0.0523. The van der Waals surface area contributed by atoms with Crippen molar-refractivity contribution in [1.29, 1.82) is 0 Å². The molecule has 1 aliphatic rings. The molecular weight excluding hydrogens is 222 g/mol. The summed E-state index contributed by atoms with van der Waals surface area (Å²) in [5.74, 6) is -0.117. The Hall–Kier alpha value is -1.40. The lowest BCUT2D eigenvalue weighted by atomic mass is 9.94. The number of aromatic amines is 1. The highest BCUT2D eigenvalue weighted by Crippen LogP contribution is 2.19. The van der Waals surface area contributed by atoms with Crippen LogP contribution in [0.25, 0.3) is 0 Å². The average Bonchev–Trinajstić information content (AvgIpc) is 2.80. The molecule has 2 heterocycles. The molecule has 0 spiro atoms. The molecule has 6 heteroatoms. The molecule has 1 aromatic heterocycles. The van der Waals surface area contributed by atoms with Crippen LogP contribution in [0.2, 0.25) is 0 Å². The van der Waals surface area contributed by atoms with Crippen LogP contribution >= 0.6 is 0 Å². The Morgan fingerprint density at radius 2 is 2.35 bits per heavy atom. The van der Waals surface area contributed by atoms with E-state index in [1.165, 1.54) is 0 Å². The van der Waals surface area contributed by atoms with Gasteiger partial charge in [-0.25, -0.2) is 0 Å². The molecule has 94 valence electrons. The van der Waals surface area contributed by atoms with Crippen LogP contribution in [0, 0.1) is 0 Å². The van der Waals surface area contributed by atoms with E-state index >= 15 is 0 Å². The van der Waals surface area contributed by atoms with E-state index in [-0.39, 0.29) is 18.9 Å². The number of amides is 1. The van der Waals surface area contributed by atoms with E-state index in [0.29, 0.717) is 26.1 Å². The largest absolute Gasteiger partial charge is 0.388 e. The Morgan fingerprint density at radius 3 is 3.00 bits per heavy atom. The van der Waals surface area contributed by atoms with Crippen LogP contribution in [0.5, 0.6) is 0 Å². The number of H-pyrrole nitrogens is 1. The van der Waals surface area contributed by atoms with Gasteiger partial charge in [0.15, 0.2) is 0 Å². The predicted molar refractivity (Wildman–Crippen MR) is 60.3 cm³/mol. The number of rotatable bonds is 4. The summed E-state index contributed by atoms with van der Waals surface area (Å²) in [6.45, 7) is 1.38. The van der Waals surface area contributed by atoms with E-state index in [1.54, 1.807) is 12.3 Å². The first-order valence-corrected chi connectivity index (χ1v) is 5.73. The first-order chi connectivity index (χ1) is 8.18. The summed E-state index contributed by atoms with van der Waals surface area (Å²) < 4.78 is 5.17. The van der Waals surface area contributed by atoms with Crippen molar-refractivity contribution in [2.45, 2.75) is 24.9 Å². The van der Waals surface area contributed by atoms with Gasteiger partial charge in [-0.2, -0.15) is 5.10 Å². The Balaban J connectivity index is 1.75. The van der Waals surface area contributed by atoms with Gasteiger partial charge in [-0.3, -0.25) is 9.89 Å². The van der Waals surface area contributed by atoms with Gasteiger partial charge in [0.25, 0.3) is 0 Å². The van der Waals surface area contributed by atoms with E-state index < -0.39 is 5.60 Å². The topological polar surface area (TPSA) is 87.2 Å². The molecule has 0 atom stereocenters. The SMILES string of the molecule is O=C(Cc1ccn[nH]1)NCC1(O)CCOCC1. The number of aromatic nitrogens is 2. The van der Waals surface area contributed by atoms with Gasteiger partial charge in [0.1, 0.15) is 0 Å². The van der Waals surface area contributed by atoms with Gasteiger partial charge < -0.3 is 15.2 Å². The summed E-state index contributed by atoms with van der Waals surface area (Å²) in [4.78, 5) is 11.6. The van der Waals surface area contributed by atoms with Crippen molar-refractivity contribution < 1.29 is 14.6 Å². The highest BCUT2D eigenvalue weighted by atomic mass is 16.5. The maximum atomic E-state index is 11.6. The minimum Gasteiger partial charge on any atom is -0.388 e. The number of nitrogens with zero attached hydrogens (tertiary/aromatic N) is 1. The van der Waals surface area contributed by atoms with Gasteiger partial charge in [-0.05, 0) is 6.07 Å². The molecule has 0 unspecified atom stereocenters. The zero-order valence-corrected chi connectivity index (χ0v) is 9.61. The summed E-state index contributed by atoms with van der Waals surface area (Å²) in [7, 11) is 0. The number of aliphatic hydroxyl groups is 1. The molecular formula is C11H17N3O3. The van der Waals surface area contributed by atoms with Gasteiger partial charge >= 0.3 is 0 Å². The lowest BCUT2D eigenvalue weighted by Crippen LogP contribution is -2.46. The second kappa shape index (κ2) is 5.29. The summed E-state index contributed by atoms with van der Waals surface area (Å²) >= 11 is 0. The van der Waals surface area contributed by atoms with Crippen LogP contribution in [-0.2, 0) is 16.0 Å². The molecule has 6 nitrogen and oxygen atoms in total. The normalized spacial score (nSPS) is 18.9. The third-order valence-corrected chi connectivity index (χ3v) is 2.95. The monoisotopic (exact) mass is 239 g/mol. The molecule has 2 rings (SSSR count). The third kappa shape index (κ3) is 3.54. The van der Waals surface area contributed by atoms with Crippen LogP contribution in [0.4, 0.5) is 0 Å². The second-order valence-electron chi connectivity index (χ2n) is 4.37. The molecule has 0 aliphatic carbocycles. The van der Waals surface area contributed by atoms with Crippen molar-refractivity contribution in [2.24, 2.45) is 0 Å². The Kier molecular flexibility index (Phi) is 3.75. The number of hydrogen-bond acceptors (Lipinski definition) is 4. The summed E-state index contributed by atoms with van der Waals surface area (Å²) in [5, 5.41) is 19.4. The van der Waals surface area contributed by atoms with Crippen molar-refractivity contribution in [1.82, 2.24) is 15.5 Å². The lowest BCUT2D eigenvalue weighted by molar-refractivity contribution is -0.123. The number of carbonyl (C=O) groups is 1. The second-order valence-corrected chi connectivity index (χ2v) is 4.37. The molecule has 0 bridgehead atoms. The third-order valence-electron chi connectivity index (χ3n) is 2.95. The van der Waals surface area contributed by atoms with E-state index in [1.807, 2.05) is 0 Å². The Labute approximate surface area is 99.4 Å². The fourth-order valence-corrected chi connectivity index (χ4v) is 1.81.